The van der Waals surface area contributed by atoms with Gasteiger partial charge in [-0.25, -0.2) is 0 Å². The van der Waals surface area contributed by atoms with Crippen molar-refractivity contribution in [3.63, 3.8) is 0 Å². The first kappa shape index (κ1) is 23.1. The second-order valence-electron chi connectivity index (χ2n) is 8.70. The molecule has 5 rings (SSSR count). The molecule has 0 aromatic heterocycles. The summed E-state index contributed by atoms with van der Waals surface area (Å²) in [4.78, 5) is 41.9. The van der Waals surface area contributed by atoms with Crippen molar-refractivity contribution in [3.05, 3.63) is 94.5 Å². The number of fused-ring (bicyclic) bond motifs is 3. The van der Waals surface area contributed by atoms with Crippen molar-refractivity contribution >= 4 is 40.8 Å². The molecule has 2 amide bonds. The van der Waals surface area contributed by atoms with Crippen molar-refractivity contribution in [1.29, 1.82) is 0 Å². The third-order valence-corrected chi connectivity index (χ3v) is 6.75. The zero-order valence-corrected chi connectivity index (χ0v) is 19.9. The number of nitrogens with zero attached hydrogens (tertiary/aromatic N) is 2. The van der Waals surface area contributed by atoms with Crippen LogP contribution in [-0.2, 0) is 9.53 Å². The highest BCUT2D eigenvalue weighted by Gasteiger charge is 2.40. The van der Waals surface area contributed by atoms with Gasteiger partial charge in [-0.15, -0.1) is 0 Å². The molecule has 8 heteroatoms. The van der Waals surface area contributed by atoms with E-state index in [2.05, 4.69) is 5.32 Å². The number of hydrogen-bond acceptors (Lipinski definition) is 5. The normalized spacial score (nSPS) is 19.7. The number of likely N-dealkylation sites (N-methyl/N-ethyl adjacent to an activating group) is 1. The Labute approximate surface area is 208 Å². The third-order valence-electron chi connectivity index (χ3n) is 6.43. The maximum Gasteiger partial charge on any atom is 0.320 e. The van der Waals surface area contributed by atoms with Crippen LogP contribution >= 0.6 is 11.6 Å². The predicted molar refractivity (Wildman–Crippen MR) is 134 cm³/mol. The van der Waals surface area contributed by atoms with E-state index in [-0.39, 0.29) is 36.5 Å². The fourth-order valence-electron chi connectivity index (χ4n) is 4.78. The number of carbonyl (C=O) groups is 3. The van der Waals surface area contributed by atoms with Gasteiger partial charge in [0, 0.05) is 29.9 Å². The van der Waals surface area contributed by atoms with E-state index >= 15 is 0 Å². The van der Waals surface area contributed by atoms with Gasteiger partial charge in [0.2, 0.25) is 0 Å². The lowest BCUT2D eigenvalue weighted by molar-refractivity contribution is -0.163. The van der Waals surface area contributed by atoms with Gasteiger partial charge in [-0.3, -0.25) is 19.3 Å². The maximum absolute atomic E-state index is 13.6. The van der Waals surface area contributed by atoms with Gasteiger partial charge in [0.15, 0.2) is 0 Å². The zero-order valence-electron chi connectivity index (χ0n) is 19.1. The summed E-state index contributed by atoms with van der Waals surface area (Å²) in [6.07, 6.45) is 0.218. The molecule has 1 fully saturated rings. The zero-order chi connectivity index (χ0) is 24.5. The Morgan fingerprint density at radius 3 is 2.49 bits per heavy atom. The number of carbonyl (C=O) groups excluding carboxylic acids is 3. The fourth-order valence-corrected chi connectivity index (χ4v) is 5.00. The monoisotopic (exact) mass is 489 g/mol. The molecular formula is C27H24ClN3O4. The third kappa shape index (κ3) is 4.52. The van der Waals surface area contributed by atoms with Gasteiger partial charge in [0.1, 0.15) is 6.10 Å². The largest absolute Gasteiger partial charge is 0.459 e. The van der Waals surface area contributed by atoms with E-state index in [0.717, 1.165) is 11.3 Å². The highest BCUT2D eigenvalue weighted by atomic mass is 35.5. The second kappa shape index (κ2) is 9.52. The molecule has 2 atom stereocenters. The van der Waals surface area contributed by atoms with Crippen LogP contribution in [0.3, 0.4) is 0 Å². The summed E-state index contributed by atoms with van der Waals surface area (Å²) in [7, 11) is 1.90. The number of halogens is 1. The van der Waals surface area contributed by atoms with Crippen molar-refractivity contribution in [1.82, 2.24) is 4.90 Å². The van der Waals surface area contributed by atoms with Crippen molar-refractivity contribution in [3.8, 4) is 0 Å². The van der Waals surface area contributed by atoms with Crippen molar-refractivity contribution in [2.45, 2.75) is 18.6 Å². The summed E-state index contributed by atoms with van der Waals surface area (Å²) in [5, 5.41) is 3.18. The maximum atomic E-state index is 13.6. The Morgan fingerprint density at radius 2 is 1.71 bits per heavy atom. The van der Waals surface area contributed by atoms with Gasteiger partial charge >= 0.3 is 5.97 Å². The lowest BCUT2D eigenvalue weighted by atomic mass is 9.96. The Hall–Kier alpha value is -3.68. The molecule has 3 aromatic rings. The minimum Gasteiger partial charge on any atom is -0.459 e. The van der Waals surface area contributed by atoms with E-state index in [4.69, 9.17) is 16.3 Å². The SMILES string of the molecule is CN1CC(=O)OC2CCN(C(=O)c3ccc(NC(=O)c4ccccc4Cl)cc3)c3ccccc3C21. The van der Waals surface area contributed by atoms with Crippen LogP contribution in [0.25, 0.3) is 0 Å². The van der Waals surface area contributed by atoms with Crippen LogP contribution in [0, 0.1) is 0 Å². The molecular weight excluding hydrogens is 466 g/mol. The van der Waals surface area contributed by atoms with E-state index in [9.17, 15) is 14.4 Å². The molecule has 2 heterocycles. The fraction of sp³-hybridized carbons (Fsp3) is 0.222. The average Bonchev–Trinajstić information content (AvgIpc) is 3.01. The summed E-state index contributed by atoms with van der Waals surface area (Å²) in [6.45, 7) is 0.633. The molecule has 2 aliphatic rings. The van der Waals surface area contributed by atoms with Crippen LogP contribution < -0.4 is 10.2 Å². The van der Waals surface area contributed by atoms with Crippen LogP contribution in [-0.4, -0.2) is 48.9 Å². The number of rotatable bonds is 3. The number of nitrogens with one attached hydrogen (secondary N) is 1. The topological polar surface area (TPSA) is 79.0 Å². The van der Waals surface area contributed by atoms with Crippen molar-refractivity contribution in [2.24, 2.45) is 0 Å². The second-order valence-corrected chi connectivity index (χ2v) is 9.11. The number of amides is 2. The van der Waals surface area contributed by atoms with E-state index in [1.165, 1.54) is 0 Å². The molecule has 35 heavy (non-hydrogen) atoms. The molecule has 1 N–H and O–H groups in total. The minimum absolute atomic E-state index is 0.107. The molecule has 0 saturated carbocycles. The minimum atomic E-state index is -0.322. The Kier molecular flexibility index (Phi) is 6.28. The van der Waals surface area contributed by atoms with Gasteiger partial charge in [0.25, 0.3) is 11.8 Å². The molecule has 0 bridgehead atoms. The smallest absolute Gasteiger partial charge is 0.320 e. The van der Waals surface area contributed by atoms with E-state index in [1.54, 1.807) is 53.4 Å². The first-order chi connectivity index (χ1) is 16.9. The summed E-state index contributed by atoms with van der Waals surface area (Å²) in [6, 6.07) is 21.2. The number of morpholine rings is 1. The van der Waals surface area contributed by atoms with E-state index in [0.29, 0.717) is 34.8 Å². The van der Waals surface area contributed by atoms with Gasteiger partial charge in [-0.1, -0.05) is 41.9 Å². The van der Waals surface area contributed by atoms with E-state index < -0.39 is 0 Å². The number of anilines is 2. The van der Waals surface area contributed by atoms with Crippen molar-refractivity contribution < 1.29 is 19.1 Å². The van der Waals surface area contributed by atoms with Gasteiger partial charge < -0.3 is 15.0 Å². The number of benzene rings is 3. The summed E-state index contributed by atoms with van der Waals surface area (Å²) in [5.74, 6) is -0.730. The molecule has 1 saturated heterocycles. The standard InChI is InChI=1S/C27H24ClN3O4/c1-30-16-24(32)35-23-14-15-31(22-9-5-3-7-20(22)25(23)30)27(34)17-10-12-18(13-11-17)29-26(33)19-6-2-4-8-21(19)28/h2-13,23,25H,14-16H2,1H3,(H,29,33). The molecule has 7 nitrogen and oxygen atoms in total. The quantitative estimate of drug-likeness (QED) is 0.546. The number of esters is 1. The highest BCUT2D eigenvalue weighted by molar-refractivity contribution is 6.34. The van der Waals surface area contributed by atoms with Crippen LogP contribution in [0.2, 0.25) is 5.02 Å². The Bertz CT molecular complexity index is 1290. The van der Waals surface area contributed by atoms with Gasteiger partial charge in [-0.2, -0.15) is 0 Å². The Morgan fingerprint density at radius 1 is 1.00 bits per heavy atom. The van der Waals surface area contributed by atoms with Crippen LogP contribution in [0.5, 0.6) is 0 Å². The number of para-hydroxylation sites is 1. The van der Waals surface area contributed by atoms with Crippen LogP contribution in [0.4, 0.5) is 11.4 Å². The average molecular weight is 490 g/mol. The highest BCUT2D eigenvalue weighted by Crippen LogP contribution is 2.39. The lowest BCUT2D eigenvalue weighted by Crippen LogP contribution is -2.45. The molecule has 178 valence electrons. The first-order valence-corrected chi connectivity index (χ1v) is 11.8. The summed E-state index contributed by atoms with van der Waals surface area (Å²) < 4.78 is 5.66. The molecule has 2 aliphatic heterocycles. The Balaban J connectivity index is 1.38. The lowest BCUT2D eigenvalue weighted by Gasteiger charge is -2.37. The molecule has 0 radical (unpaired) electrons. The number of hydrogen-bond donors (Lipinski definition) is 1. The predicted octanol–water partition coefficient (Wildman–Crippen LogP) is 4.54. The molecule has 0 aliphatic carbocycles. The first-order valence-electron chi connectivity index (χ1n) is 11.4. The number of ether oxygens (including phenoxy) is 1. The van der Waals surface area contributed by atoms with Crippen LogP contribution in [0.15, 0.2) is 72.8 Å². The van der Waals surface area contributed by atoms with Crippen LogP contribution in [0.1, 0.15) is 38.7 Å². The van der Waals surface area contributed by atoms with Gasteiger partial charge in [-0.05, 0) is 55.1 Å². The van der Waals surface area contributed by atoms with E-state index in [1.807, 2.05) is 36.2 Å². The summed E-state index contributed by atoms with van der Waals surface area (Å²) >= 11 is 6.11. The summed E-state index contributed by atoms with van der Waals surface area (Å²) in [5.41, 5.74) is 3.20. The molecule has 0 spiro atoms. The molecule has 2 unspecified atom stereocenters. The molecule has 3 aromatic carbocycles. The van der Waals surface area contributed by atoms with Crippen molar-refractivity contribution in [2.75, 3.05) is 30.4 Å². The van der Waals surface area contributed by atoms with Gasteiger partial charge in [0.05, 0.1) is 23.2 Å².